The van der Waals surface area contributed by atoms with Gasteiger partial charge in [0, 0.05) is 5.56 Å². The van der Waals surface area contributed by atoms with E-state index in [1.807, 2.05) is 0 Å². The topological polar surface area (TPSA) is 182 Å². The summed E-state index contributed by atoms with van der Waals surface area (Å²) >= 11 is 0. The molecule has 0 radical (unpaired) electrons. The highest BCUT2D eigenvalue weighted by atomic mass is 16.7. The number of nitrogens with one attached hydrogen (secondary N) is 1. The van der Waals surface area contributed by atoms with E-state index in [9.17, 15) is 9.59 Å². The SMILES string of the molecule is COC(=O)c1ccc(/C=N/NC(=O)c2nnn(-c3nonc3N)c2-c2ccc3c(c2)OCO3)cc1. The van der Waals surface area contributed by atoms with Gasteiger partial charge < -0.3 is 19.9 Å². The molecule has 0 atom stereocenters. The van der Waals surface area contributed by atoms with Crippen molar-refractivity contribution in [2.75, 3.05) is 19.6 Å². The molecule has 35 heavy (non-hydrogen) atoms. The van der Waals surface area contributed by atoms with Crippen molar-refractivity contribution < 1.29 is 28.4 Å². The number of nitrogens with zero attached hydrogens (tertiary/aromatic N) is 6. The fourth-order valence-electron chi connectivity index (χ4n) is 3.27. The van der Waals surface area contributed by atoms with Gasteiger partial charge in [0.05, 0.1) is 18.9 Å². The van der Waals surface area contributed by atoms with Gasteiger partial charge in [0.1, 0.15) is 5.69 Å². The summed E-state index contributed by atoms with van der Waals surface area (Å²) < 4.78 is 21.4. The number of ether oxygens (including phenoxy) is 3. The lowest BCUT2D eigenvalue weighted by Crippen LogP contribution is -2.19. The Labute approximate surface area is 196 Å². The number of hydrogen-bond acceptors (Lipinski definition) is 12. The smallest absolute Gasteiger partial charge is 0.337 e. The van der Waals surface area contributed by atoms with Gasteiger partial charge >= 0.3 is 5.97 Å². The summed E-state index contributed by atoms with van der Waals surface area (Å²) in [7, 11) is 1.30. The number of carbonyl (C=O) groups excluding carboxylic acids is 2. The van der Waals surface area contributed by atoms with Crippen molar-refractivity contribution in [1.29, 1.82) is 0 Å². The zero-order valence-electron chi connectivity index (χ0n) is 18.0. The minimum atomic E-state index is -0.652. The Balaban J connectivity index is 1.44. The number of methoxy groups -OCH3 is 1. The van der Waals surface area contributed by atoms with E-state index in [0.29, 0.717) is 28.2 Å². The van der Waals surface area contributed by atoms with Gasteiger partial charge in [0.15, 0.2) is 17.2 Å². The van der Waals surface area contributed by atoms with Crippen LogP contribution in [0.5, 0.6) is 11.5 Å². The molecule has 0 unspecified atom stereocenters. The largest absolute Gasteiger partial charge is 0.465 e. The molecule has 3 heterocycles. The predicted molar refractivity (Wildman–Crippen MR) is 118 cm³/mol. The molecule has 0 aliphatic carbocycles. The molecule has 1 aliphatic rings. The lowest BCUT2D eigenvalue weighted by molar-refractivity contribution is 0.0600. The number of benzene rings is 2. The number of amides is 1. The van der Waals surface area contributed by atoms with Crippen LogP contribution in [0.4, 0.5) is 5.82 Å². The van der Waals surface area contributed by atoms with Crippen LogP contribution in [0.2, 0.25) is 0 Å². The molecule has 4 aromatic rings. The molecule has 14 heteroatoms. The number of nitrogen functional groups attached to an aromatic ring is 1. The molecule has 2 aromatic carbocycles. The maximum Gasteiger partial charge on any atom is 0.337 e. The first kappa shape index (κ1) is 21.6. The Hall–Kier alpha value is -5.27. The van der Waals surface area contributed by atoms with Crippen molar-refractivity contribution in [2.24, 2.45) is 5.10 Å². The van der Waals surface area contributed by atoms with Gasteiger partial charge in [-0.1, -0.05) is 17.3 Å². The highest BCUT2D eigenvalue weighted by Gasteiger charge is 2.26. The van der Waals surface area contributed by atoms with E-state index in [0.717, 1.165) is 0 Å². The fourth-order valence-corrected chi connectivity index (χ4v) is 3.27. The quantitative estimate of drug-likeness (QED) is 0.231. The molecule has 1 amide bonds. The third kappa shape index (κ3) is 4.10. The van der Waals surface area contributed by atoms with E-state index in [2.05, 4.69) is 40.5 Å². The van der Waals surface area contributed by atoms with Gasteiger partial charge in [-0.25, -0.2) is 14.8 Å². The first-order valence-corrected chi connectivity index (χ1v) is 10.0. The van der Waals surface area contributed by atoms with E-state index in [-0.39, 0.29) is 29.8 Å². The molecular formula is C21H16N8O6. The summed E-state index contributed by atoms with van der Waals surface area (Å²) in [6.45, 7) is 0.0825. The lowest BCUT2D eigenvalue weighted by Gasteiger charge is -2.07. The van der Waals surface area contributed by atoms with Gasteiger partial charge in [0.2, 0.25) is 18.4 Å². The number of hydrogen-bond donors (Lipinski definition) is 2. The summed E-state index contributed by atoms with van der Waals surface area (Å²) in [5.41, 5.74) is 9.97. The zero-order valence-corrected chi connectivity index (χ0v) is 18.0. The zero-order chi connectivity index (χ0) is 24.4. The van der Waals surface area contributed by atoms with E-state index in [1.165, 1.54) is 18.0 Å². The molecule has 176 valence electrons. The van der Waals surface area contributed by atoms with Crippen LogP contribution < -0.4 is 20.6 Å². The maximum absolute atomic E-state index is 13.0. The van der Waals surface area contributed by atoms with Crippen molar-refractivity contribution in [2.45, 2.75) is 0 Å². The molecule has 0 fully saturated rings. The fraction of sp³-hybridized carbons (Fsp3) is 0.0952. The van der Waals surface area contributed by atoms with Crippen LogP contribution in [0.1, 0.15) is 26.4 Å². The number of hydrazone groups is 1. The second-order valence-corrected chi connectivity index (χ2v) is 7.05. The molecule has 0 saturated heterocycles. The summed E-state index contributed by atoms with van der Waals surface area (Å²) in [6, 6.07) is 11.5. The summed E-state index contributed by atoms with van der Waals surface area (Å²) in [5.74, 6) is -0.0496. The molecule has 0 spiro atoms. The third-order valence-electron chi connectivity index (χ3n) is 4.94. The van der Waals surface area contributed by atoms with Crippen molar-refractivity contribution in [3.63, 3.8) is 0 Å². The van der Waals surface area contributed by atoms with Gasteiger partial charge in [0.25, 0.3) is 5.91 Å². The van der Waals surface area contributed by atoms with Crippen LogP contribution in [-0.4, -0.2) is 57.3 Å². The second kappa shape index (κ2) is 8.93. The summed E-state index contributed by atoms with van der Waals surface area (Å²) in [5, 5.41) is 19.3. The number of anilines is 1. The standard InChI is InChI=1S/C21H16N8O6/c1-32-21(31)12-4-2-11(3-5-12)9-23-25-20(30)16-17(13-6-7-14-15(8-13)34-10-33-14)29(28-24-16)19-18(22)26-35-27-19/h2-9H,10H2,1H3,(H2,22,26)(H,25,30)/b23-9+. The van der Waals surface area contributed by atoms with Crippen molar-refractivity contribution in [3.05, 3.63) is 59.3 Å². The Morgan fingerprint density at radius 2 is 1.94 bits per heavy atom. The monoisotopic (exact) mass is 476 g/mol. The molecule has 2 aromatic heterocycles. The first-order valence-electron chi connectivity index (χ1n) is 10.0. The van der Waals surface area contributed by atoms with Crippen molar-refractivity contribution >= 4 is 23.9 Å². The Morgan fingerprint density at radius 3 is 2.69 bits per heavy atom. The molecular weight excluding hydrogens is 460 g/mol. The van der Waals surface area contributed by atoms with E-state index < -0.39 is 11.9 Å². The predicted octanol–water partition coefficient (Wildman–Crippen LogP) is 1.18. The van der Waals surface area contributed by atoms with E-state index in [1.54, 1.807) is 42.5 Å². The highest BCUT2D eigenvalue weighted by Crippen LogP contribution is 2.37. The summed E-state index contributed by atoms with van der Waals surface area (Å²) in [4.78, 5) is 24.5. The third-order valence-corrected chi connectivity index (χ3v) is 4.94. The molecule has 0 bridgehead atoms. The molecule has 0 saturated carbocycles. The van der Waals surface area contributed by atoms with Crippen LogP contribution in [0.3, 0.4) is 0 Å². The van der Waals surface area contributed by atoms with Crippen molar-refractivity contribution in [1.82, 2.24) is 30.7 Å². The normalized spacial score (nSPS) is 12.1. The van der Waals surface area contributed by atoms with Gasteiger partial charge in [-0.3, -0.25) is 4.79 Å². The second-order valence-electron chi connectivity index (χ2n) is 7.05. The highest BCUT2D eigenvalue weighted by molar-refractivity contribution is 5.99. The van der Waals surface area contributed by atoms with Crippen LogP contribution in [0.25, 0.3) is 17.1 Å². The molecule has 5 rings (SSSR count). The van der Waals surface area contributed by atoms with Crippen LogP contribution in [0.15, 0.2) is 52.2 Å². The Bertz CT molecular complexity index is 1440. The number of rotatable bonds is 6. The molecule has 3 N–H and O–H groups in total. The van der Waals surface area contributed by atoms with E-state index in [4.69, 9.17) is 15.2 Å². The Morgan fingerprint density at radius 1 is 1.14 bits per heavy atom. The summed E-state index contributed by atoms with van der Waals surface area (Å²) in [6.07, 6.45) is 1.41. The van der Waals surface area contributed by atoms with E-state index >= 15 is 0 Å². The number of esters is 1. The maximum atomic E-state index is 13.0. The Kier molecular flexibility index (Phi) is 5.51. The van der Waals surface area contributed by atoms with Gasteiger partial charge in [-0.15, -0.1) is 5.10 Å². The average molecular weight is 476 g/mol. The number of carbonyl (C=O) groups is 2. The molecule has 14 nitrogen and oxygen atoms in total. The average Bonchev–Trinajstić information content (AvgIpc) is 3.62. The van der Waals surface area contributed by atoms with Gasteiger partial charge in [-0.05, 0) is 46.2 Å². The van der Waals surface area contributed by atoms with Gasteiger partial charge in [-0.2, -0.15) is 9.78 Å². The number of aromatic nitrogens is 5. The van der Waals surface area contributed by atoms with Crippen LogP contribution in [0, 0.1) is 0 Å². The first-order chi connectivity index (χ1) is 17.0. The minimum Gasteiger partial charge on any atom is -0.465 e. The van der Waals surface area contributed by atoms with Crippen LogP contribution in [-0.2, 0) is 4.74 Å². The molecule has 1 aliphatic heterocycles. The van der Waals surface area contributed by atoms with Crippen LogP contribution >= 0.6 is 0 Å². The van der Waals surface area contributed by atoms with Crippen molar-refractivity contribution in [3.8, 4) is 28.6 Å². The lowest BCUT2D eigenvalue weighted by atomic mass is 10.1. The minimum absolute atomic E-state index is 0.0442. The number of fused-ring (bicyclic) bond motifs is 1. The number of nitrogens with two attached hydrogens (primary N) is 1.